The maximum atomic E-state index is 12.3. The van der Waals surface area contributed by atoms with E-state index in [2.05, 4.69) is 30.9 Å². The summed E-state index contributed by atoms with van der Waals surface area (Å²) in [7, 11) is 2.05. The summed E-state index contributed by atoms with van der Waals surface area (Å²) in [6, 6.07) is 6.74. The maximum absolute atomic E-state index is 12.3. The van der Waals surface area contributed by atoms with Gasteiger partial charge in [-0.3, -0.25) is 9.69 Å². The third-order valence-electron chi connectivity index (χ3n) is 4.27. The van der Waals surface area contributed by atoms with Crippen LogP contribution in [0.4, 0.5) is 0 Å². The Kier molecular flexibility index (Phi) is 4.76. The Balaban J connectivity index is 2.00. The fourth-order valence-electron chi connectivity index (χ4n) is 2.86. The van der Waals surface area contributed by atoms with E-state index in [4.69, 9.17) is 0 Å². The molecule has 0 radical (unpaired) electrons. The molecular formula is C17H25NO. The van der Waals surface area contributed by atoms with Crippen LogP contribution in [-0.4, -0.2) is 30.3 Å². The summed E-state index contributed by atoms with van der Waals surface area (Å²) in [5.41, 5.74) is 3.70. The number of benzene rings is 1. The smallest absolute Gasteiger partial charge is 0.176 e. The number of Topliss-reactive ketones (excluding diaryl/α,β-unsaturated/α-hetero) is 1. The van der Waals surface area contributed by atoms with E-state index in [-0.39, 0.29) is 5.78 Å². The Labute approximate surface area is 116 Å². The van der Waals surface area contributed by atoms with Crippen molar-refractivity contribution in [2.45, 2.75) is 52.0 Å². The molecule has 0 saturated heterocycles. The van der Waals surface area contributed by atoms with Gasteiger partial charge in [0.25, 0.3) is 0 Å². The average Bonchev–Trinajstić information content (AvgIpc) is 2.85. The van der Waals surface area contributed by atoms with Crippen molar-refractivity contribution in [2.24, 2.45) is 0 Å². The van der Waals surface area contributed by atoms with Gasteiger partial charge in [0, 0.05) is 11.6 Å². The fourth-order valence-corrected chi connectivity index (χ4v) is 2.86. The molecule has 19 heavy (non-hydrogen) atoms. The predicted octanol–water partition coefficient (Wildman–Crippen LogP) is 3.48. The molecule has 0 aromatic heterocycles. The molecule has 0 saturated carbocycles. The van der Waals surface area contributed by atoms with Crippen molar-refractivity contribution < 1.29 is 4.79 Å². The summed E-state index contributed by atoms with van der Waals surface area (Å²) in [4.78, 5) is 14.5. The molecule has 0 heterocycles. The Hall–Kier alpha value is -1.15. The van der Waals surface area contributed by atoms with Crippen molar-refractivity contribution in [3.63, 3.8) is 0 Å². The predicted molar refractivity (Wildman–Crippen MR) is 79.8 cm³/mol. The lowest BCUT2D eigenvalue weighted by Gasteiger charge is -2.23. The summed E-state index contributed by atoms with van der Waals surface area (Å²) < 4.78 is 0. The molecule has 1 atom stereocenters. The number of carbonyl (C=O) groups excluding carboxylic acids is 1. The van der Waals surface area contributed by atoms with Crippen LogP contribution in [0.5, 0.6) is 0 Å². The van der Waals surface area contributed by atoms with Gasteiger partial charge in [0.2, 0.25) is 0 Å². The Morgan fingerprint density at radius 3 is 2.79 bits per heavy atom. The second-order valence-corrected chi connectivity index (χ2v) is 5.81. The molecule has 1 aromatic rings. The SMILES string of the molecule is CCCC(C)N(C)CC(=O)c1ccc2c(c1)CCC2. The molecule has 1 aromatic carbocycles. The van der Waals surface area contributed by atoms with Crippen LogP contribution in [0.1, 0.15) is 54.6 Å². The van der Waals surface area contributed by atoms with Gasteiger partial charge >= 0.3 is 0 Å². The van der Waals surface area contributed by atoms with Gasteiger partial charge in [-0.05, 0) is 56.8 Å². The number of rotatable bonds is 6. The average molecular weight is 259 g/mol. The fraction of sp³-hybridized carbons (Fsp3) is 0.588. The zero-order valence-electron chi connectivity index (χ0n) is 12.4. The largest absolute Gasteiger partial charge is 0.296 e. The molecule has 1 aliphatic carbocycles. The number of hydrogen-bond acceptors (Lipinski definition) is 2. The van der Waals surface area contributed by atoms with Crippen LogP contribution < -0.4 is 0 Å². The van der Waals surface area contributed by atoms with E-state index in [0.29, 0.717) is 12.6 Å². The van der Waals surface area contributed by atoms with E-state index in [1.165, 1.54) is 30.4 Å². The molecule has 2 nitrogen and oxygen atoms in total. The highest BCUT2D eigenvalue weighted by atomic mass is 16.1. The van der Waals surface area contributed by atoms with Crippen molar-refractivity contribution in [3.05, 3.63) is 34.9 Å². The summed E-state index contributed by atoms with van der Waals surface area (Å²) in [5.74, 6) is 0.250. The highest BCUT2D eigenvalue weighted by Crippen LogP contribution is 2.23. The Morgan fingerprint density at radius 1 is 1.32 bits per heavy atom. The van der Waals surface area contributed by atoms with Crippen LogP contribution in [0, 0.1) is 0 Å². The summed E-state index contributed by atoms with van der Waals surface area (Å²) in [5, 5.41) is 0. The van der Waals surface area contributed by atoms with E-state index >= 15 is 0 Å². The summed E-state index contributed by atoms with van der Waals surface area (Å²) >= 11 is 0. The molecule has 0 amide bonds. The van der Waals surface area contributed by atoms with Crippen LogP contribution in [0.25, 0.3) is 0 Å². The molecule has 2 rings (SSSR count). The van der Waals surface area contributed by atoms with E-state index < -0.39 is 0 Å². The summed E-state index contributed by atoms with van der Waals surface area (Å²) in [6.45, 7) is 4.91. The van der Waals surface area contributed by atoms with Crippen LogP contribution in [0.15, 0.2) is 18.2 Å². The first-order valence-corrected chi connectivity index (χ1v) is 7.47. The molecule has 104 valence electrons. The van der Waals surface area contributed by atoms with Gasteiger partial charge in [-0.1, -0.05) is 25.5 Å². The standard InChI is InChI=1S/C17H25NO/c1-4-6-13(2)18(3)12-17(19)16-10-9-14-7-5-8-15(14)11-16/h9-11,13H,4-8,12H2,1-3H3. The number of hydrogen-bond donors (Lipinski definition) is 0. The number of ketones is 1. The zero-order chi connectivity index (χ0) is 13.8. The van der Waals surface area contributed by atoms with E-state index in [0.717, 1.165) is 18.4 Å². The highest BCUT2D eigenvalue weighted by molar-refractivity contribution is 5.97. The van der Waals surface area contributed by atoms with Gasteiger partial charge in [0.15, 0.2) is 5.78 Å². The third-order valence-corrected chi connectivity index (χ3v) is 4.27. The minimum Gasteiger partial charge on any atom is -0.296 e. The molecule has 0 spiro atoms. The van der Waals surface area contributed by atoms with Gasteiger partial charge in [-0.2, -0.15) is 0 Å². The van der Waals surface area contributed by atoms with Crippen molar-refractivity contribution in [2.75, 3.05) is 13.6 Å². The van der Waals surface area contributed by atoms with Gasteiger partial charge < -0.3 is 0 Å². The molecule has 1 aliphatic rings. The van der Waals surface area contributed by atoms with Gasteiger partial charge in [0.05, 0.1) is 6.54 Å². The van der Waals surface area contributed by atoms with Crippen LogP contribution in [0.3, 0.4) is 0 Å². The first-order valence-electron chi connectivity index (χ1n) is 7.47. The molecular weight excluding hydrogens is 234 g/mol. The number of likely N-dealkylation sites (N-methyl/N-ethyl adjacent to an activating group) is 1. The van der Waals surface area contributed by atoms with E-state index in [9.17, 15) is 4.79 Å². The third kappa shape index (κ3) is 3.44. The zero-order valence-corrected chi connectivity index (χ0v) is 12.4. The molecule has 0 N–H and O–H groups in total. The van der Waals surface area contributed by atoms with Crippen molar-refractivity contribution in [1.29, 1.82) is 0 Å². The van der Waals surface area contributed by atoms with Crippen molar-refractivity contribution >= 4 is 5.78 Å². The van der Waals surface area contributed by atoms with Gasteiger partial charge in [-0.25, -0.2) is 0 Å². The highest BCUT2D eigenvalue weighted by Gasteiger charge is 2.16. The quantitative estimate of drug-likeness (QED) is 0.729. The lowest BCUT2D eigenvalue weighted by atomic mass is 10.0. The van der Waals surface area contributed by atoms with Crippen molar-refractivity contribution in [1.82, 2.24) is 4.90 Å². The van der Waals surface area contributed by atoms with E-state index in [1.54, 1.807) is 0 Å². The lowest BCUT2D eigenvalue weighted by molar-refractivity contribution is 0.0921. The minimum atomic E-state index is 0.250. The molecule has 0 bridgehead atoms. The number of fused-ring (bicyclic) bond motifs is 1. The number of nitrogens with zero attached hydrogens (tertiary/aromatic N) is 1. The number of aryl methyl sites for hydroxylation is 2. The molecule has 0 fully saturated rings. The minimum absolute atomic E-state index is 0.250. The maximum Gasteiger partial charge on any atom is 0.176 e. The van der Waals surface area contributed by atoms with Gasteiger partial charge in [-0.15, -0.1) is 0 Å². The van der Waals surface area contributed by atoms with E-state index in [1.807, 2.05) is 13.1 Å². The van der Waals surface area contributed by atoms with Gasteiger partial charge in [0.1, 0.15) is 0 Å². The Morgan fingerprint density at radius 2 is 2.05 bits per heavy atom. The van der Waals surface area contributed by atoms with Crippen LogP contribution in [0.2, 0.25) is 0 Å². The number of carbonyl (C=O) groups is 1. The van der Waals surface area contributed by atoms with Crippen LogP contribution >= 0.6 is 0 Å². The monoisotopic (exact) mass is 259 g/mol. The second-order valence-electron chi connectivity index (χ2n) is 5.81. The first kappa shape index (κ1) is 14.3. The Bertz CT molecular complexity index is 453. The lowest BCUT2D eigenvalue weighted by Crippen LogP contribution is -2.33. The molecule has 2 heteroatoms. The topological polar surface area (TPSA) is 20.3 Å². The second kappa shape index (κ2) is 6.33. The molecule has 1 unspecified atom stereocenters. The molecule has 0 aliphatic heterocycles. The first-order chi connectivity index (χ1) is 9.11. The summed E-state index contributed by atoms with van der Waals surface area (Å²) in [6.07, 6.45) is 5.86. The van der Waals surface area contributed by atoms with Crippen LogP contribution in [-0.2, 0) is 12.8 Å². The normalized spacial score (nSPS) is 15.6. The van der Waals surface area contributed by atoms with Crippen molar-refractivity contribution in [3.8, 4) is 0 Å².